The molecule has 4 amide bonds. The third-order valence-electron chi connectivity index (χ3n) is 5.24. The van der Waals surface area contributed by atoms with Crippen LogP contribution in [0.5, 0.6) is 0 Å². The standard InChI is InChI=1S/C22H17BrF2N4O4/c23-15-8-13(24)9-16(25)19(15)28-22(33)26-10-11-1-2-12-5-6-29(21(32)14(12)7-11)17-3-4-18(30)27-20(17)31/h1-2,5-9,17H,3-4,10H2,(H2,26,28,33)(H,27,30,31). The summed E-state index contributed by atoms with van der Waals surface area (Å²) in [6, 6.07) is 6.87. The van der Waals surface area contributed by atoms with Gasteiger partial charge in [-0.2, -0.15) is 0 Å². The summed E-state index contributed by atoms with van der Waals surface area (Å²) in [7, 11) is 0. The van der Waals surface area contributed by atoms with E-state index in [1.165, 1.54) is 10.8 Å². The van der Waals surface area contributed by atoms with Crippen LogP contribution in [0.15, 0.2) is 51.9 Å². The van der Waals surface area contributed by atoms with Crippen molar-refractivity contribution >= 4 is 50.2 Å². The van der Waals surface area contributed by atoms with Crippen LogP contribution in [0, 0.1) is 11.6 Å². The fourth-order valence-electron chi connectivity index (χ4n) is 3.61. The van der Waals surface area contributed by atoms with Crippen LogP contribution in [-0.4, -0.2) is 22.4 Å². The zero-order valence-corrected chi connectivity index (χ0v) is 18.5. The number of pyridine rings is 1. The number of imide groups is 1. The van der Waals surface area contributed by atoms with Crippen molar-refractivity contribution in [1.29, 1.82) is 0 Å². The lowest BCUT2D eigenvalue weighted by Crippen LogP contribution is -2.44. The van der Waals surface area contributed by atoms with Crippen molar-refractivity contribution in [3.8, 4) is 0 Å². The van der Waals surface area contributed by atoms with E-state index in [-0.39, 0.29) is 35.5 Å². The molecule has 0 bridgehead atoms. The molecule has 170 valence electrons. The Morgan fingerprint density at radius 2 is 1.94 bits per heavy atom. The molecule has 0 spiro atoms. The molecule has 3 N–H and O–H groups in total. The van der Waals surface area contributed by atoms with E-state index in [0.29, 0.717) is 22.4 Å². The quantitative estimate of drug-likeness (QED) is 0.460. The second kappa shape index (κ2) is 9.10. The van der Waals surface area contributed by atoms with Gasteiger partial charge < -0.3 is 15.2 Å². The van der Waals surface area contributed by atoms with Gasteiger partial charge in [-0.05, 0) is 51.5 Å². The van der Waals surface area contributed by atoms with Gasteiger partial charge in [0, 0.05) is 35.1 Å². The van der Waals surface area contributed by atoms with Crippen LogP contribution in [0.4, 0.5) is 19.3 Å². The van der Waals surface area contributed by atoms with E-state index in [2.05, 4.69) is 31.9 Å². The molecule has 2 aromatic carbocycles. The van der Waals surface area contributed by atoms with Gasteiger partial charge in [0.05, 0.1) is 5.69 Å². The Morgan fingerprint density at radius 1 is 1.15 bits per heavy atom. The van der Waals surface area contributed by atoms with Crippen molar-refractivity contribution < 1.29 is 23.2 Å². The minimum absolute atomic E-state index is 0.0228. The van der Waals surface area contributed by atoms with Crippen molar-refractivity contribution in [3.05, 3.63) is 74.6 Å². The second-order valence-electron chi connectivity index (χ2n) is 7.47. The van der Waals surface area contributed by atoms with Crippen molar-refractivity contribution in [2.75, 3.05) is 5.32 Å². The predicted octanol–water partition coefficient (Wildman–Crippen LogP) is 3.34. The number of aromatic nitrogens is 1. The summed E-state index contributed by atoms with van der Waals surface area (Å²) in [6.07, 6.45) is 1.89. The van der Waals surface area contributed by atoms with Gasteiger partial charge in [0.25, 0.3) is 5.56 Å². The third kappa shape index (κ3) is 4.77. The van der Waals surface area contributed by atoms with Crippen molar-refractivity contribution in [2.24, 2.45) is 0 Å². The Kier molecular flexibility index (Phi) is 6.23. The highest BCUT2D eigenvalue weighted by Gasteiger charge is 2.28. The first-order chi connectivity index (χ1) is 15.7. The summed E-state index contributed by atoms with van der Waals surface area (Å²) in [6.45, 7) is 0.0228. The topological polar surface area (TPSA) is 109 Å². The van der Waals surface area contributed by atoms with E-state index >= 15 is 0 Å². The molecule has 1 fully saturated rings. The monoisotopic (exact) mass is 518 g/mol. The molecule has 1 aliphatic rings. The molecule has 2 heterocycles. The Balaban J connectivity index is 1.51. The predicted molar refractivity (Wildman–Crippen MR) is 120 cm³/mol. The first-order valence-electron chi connectivity index (χ1n) is 9.90. The van der Waals surface area contributed by atoms with Crippen molar-refractivity contribution in [2.45, 2.75) is 25.4 Å². The lowest BCUT2D eigenvalue weighted by molar-refractivity contribution is -0.135. The normalized spacial score (nSPS) is 15.9. The summed E-state index contributed by atoms with van der Waals surface area (Å²) >= 11 is 3.00. The molecule has 0 saturated carbocycles. The molecule has 1 atom stereocenters. The maximum atomic E-state index is 13.9. The van der Waals surface area contributed by atoms with E-state index < -0.39 is 35.2 Å². The van der Waals surface area contributed by atoms with Gasteiger partial charge in [-0.25, -0.2) is 13.6 Å². The fraction of sp³-hybridized carbons (Fsp3) is 0.182. The van der Waals surface area contributed by atoms with Crippen molar-refractivity contribution in [3.63, 3.8) is 0 Å². The Labute approximate surface area is 194 Å². The van der Waals surface area contributed by atoms with Crippen LogP contribution < -0.4 is 21.5 Å². The Morgan fingerprint density at radius 3 is 2.67 bits per heavy atom. The van der Waals surface area contributed by atoms with Crippen LogP contribution in [-0.2, 0) is 16.1 Å². The number of anilines is 1. The van der Waals surface area contributed by atoms with Crippen LogP contribution in [0.3, 0.4) is 0 Å². The minimum Gasteiger partial charge on any atom is -0.334 e. The molecule has 33 heavy (non-hydrogen) atoms. The number of benzene rings is 2. The Bertz CT molecular complexity index is 1330. The minimum atomic E-state index is -0.934. The number of carbonyl (C=O) groups is 3. The summed E-state index contributed by atoms with van der Waals surface area (Å²) in [4.78, 5) is 48.7. The van der Waals surface area contributed by atoms with Gasteiger partial charge in [-0.3, -0.25) is 19.7 Å². The van der Waals surface area contributed by atoms with Gasteiger partial charge in [-0.15, -0.1) is 0 Å². The zero-order valence-electron chi connectivity index (χ0n) is 17.0. The van der Waals surface area contributed by atoms with E-state index in [1.54, 1.807) is 24.3 Å². The first kappa shape index (κ1) is 22.6. The number of carbonyl (C=O) groups excluding carboxylic acids is 3. The van der Waals surface area contributed by atoms with Gasteiger partial charge in [0.1, 0.15) is 11.9 Å². The van der Waals surface area contributed by atoms with Crippen LogP contribution >= 0.6 is 15.9 Å². The maximum Gasteiger partial charge on any atom is 0.319 e. The number of amides is 4. The molecule has 1 aromatic heterocycles. The summed E-state index contributed by atoms with van der Waals surface area (Å²) in [5.41, 5.74) is -0.0143. The molecule has 3 aromatic rings. The van der Waals surface area contributed by atoms with Crippen LogP contribution in [0.1, 0.15) is 24.4 Å². The molecular formula is C22H17BrF2N4O4. The molecule has 0 aliphatic carbocycles. The average molecular weight is 519 g/mol. The number of hydrogen-bond donors (Lipinski definition) is 3. The molecule has 8 nitrogen and oxygen atoms in total. The lowest BCUT2D eigenvalue weighted by Gasteiger charge is -2.23. The molecule has 11 heteroatoms. The van der Waals surface area contributed by atoms with Crippen LogP contribution in [0.2, 0.25) is 0 Å². The number of rotatable bonds is 4. The molecule has 1 unspecified atom stereocenters. The first-order valence-corrected chi connectivity index (χ1v) is 10.7. The maximum absolute atomic E-state index is 13.9. The number of halogens is 3. The average Bonchev–Trinajstić information content (AvgIpc) is 2.76. The van der Waals surface area contributed by atoms with Gasteiger partial charge in [-0.1, -0.05) is 12.1 Å². The SMILES string of the molecule is O=C1CCC(n2ccc3ccc(CNC(=O)Nc4c(F)cc(F)cc4Br)cc3c2=O)C(=O)N1. The number of nitrogens with zero attached hydrogens (tertiary/aromatic N) is 1. The number of nitrogens with one attached hydrogen (secondary N) is 3. The number of hydrogen-bond acceptors (Lipinski definition) is 4. The lowest BCUT2D eigenvalue weighted by atomic mass is 10.0. The summed E-state index contributed by atoms with van der Waals surface area (Å²) in [5, 5.41) is 8.08. The highest BCUT2D eigenvalue weighted by atomic mass is 79.9. The number of fused-ring (bicyclic) bond motifs is 1. The molecular weight excluding hydrogens is 502 g/mol. The fourth-order valence-corrected chi connectivity index (χ4v) is 4.11. The number of piperidine rings is 1. The van der Waals surface area contributed by atoms with E-state index in [1.807, 2.05) is 0 Å². The molecule has 1 saturated heterocycles. The number of urea groups is 1. The molecule has 1 aliphatic heterocycles. The highest BCUT2D eigenvalue weighted by molar-refractivity contribution is 9.10. The molecule has 4 rings (SSSR count). The largest absolute Gasteiger partial charge is 0.334 e. The summed E-state index contributed by atoms with van der Waals surface area (Å²) < 4.78 is 28.4. The smallest absolute Gasteiger partial charge is 0.319 e. The third-order valence-corrected chi connectivity index (χ3v) is 5.87. The van der Waals surface area contributed by atoms with Gasteiger partial charge >= 0.3 is 6.03 Å². The van der Waals surface area contributed by atoms with Gasteiger partial charge in [0.15, 0.2) is 5.82 Å². The molecule has 0 radical (unpaired) electrons. The van der Waals surface area contributed by atoms with Crippen molar-refractivity contribution in [1.82, 2.24) is 15.2 Å². The second-order valence-corrected chi connectivity index (χ2v) is 8.32. The van der Waals surface area contributed by atoms with E-state index in [9.17, 15) is 28.0 Å². The zero-order chi connectivity index (χ0) is 23.7. The Hall–Kier alpha value is -3.60. The summed E-state index contributed by atoms with van der Waals surface area (Å²) in [5.74, 6) is -2.62. The van der Waals surface area contributed by atoms with E-state index in [4.69, 9.17) is 0 Å². The van der Waals surface area contributed by atoms with Crippen LogP contribution in [0.25, 0.3) is 10.8 Å². The van der Waals surface area contributed by atoms with E-state index in [0.717, 1.165) is 6.07 Å². The highest BCUT2D eigenvalue weighted by Crippen LogP contribution is 2.26. The van der Waals surface area contributed by atoms with Gasteiger partial charge in [0.2, 0.25) is 11.8 Å².